The summed E-state index contributed by atoms with van der Waals surface area (Å²) in [5, 5.41) is 0. The van der Waals surface area contributed by atoms with Crippen LogP contribution in [0.25, 0.3) is 5.57 Å². The fourth-order valence-electron chi connectivity index (χ4n) is 3.78. The molecule has 202 valence electrons. The van der Waals surface area contributed by atoms with Gasteiger partial charge in [0.1, 0.15) is 11.6 Å². The Morgan fingerprint density at radius 3 is 2.47 bits per heavy atom. The highest BCUT2D eigenvalue weighted by molar-refractivity contribution is 5.91. The summed E-state index contributed by atoms with van der Waals surface area (Å²) >= 11 is 0. The zero-order chi connectivity index (χ0) is 27.8. The van der Waals surface area contributed by atoms with Gasteiger partial charge in [0.05, 0.1) is 12.2 Å². The quantitative estimate of drug-likeness (QED) is 0.135. The highest BCUT2D eigenvalue weighted by Gasteiger charge is 2.43. The van der Waals surface area contributed by atoms with Crippen molar-refractivity contribution in [3.8, 4) is 5.75 Å². The molecule has 0 fully saturated rings. The molecular weight excluding hydrogens is 504 g/mol. The molecule has 0 heterocycles. The average Bonchev–Trinajstić information content (AvgIpc) is 2.90. The van der Waals surface area contributed by atoms with E-state index in [0.717, 1.165) is 29.3 Å². The lowest BCUT2D eigenvalue weighted by Crippen LogP contribution is -2.43. The smallest absolute Gasteiger partial charge is 0.425 e. The van der Waals surface area contributed by atoms with Crippen molar-refractivity contribution in [2.75, 3.05) is 6.61 Å². The SMILES string of the molecule is C=CCOC1(C(=O)Oc2ccc(C(=O)OC(CCCC)C(F)(F)F)c(F)c2)C=CC(c2ccccc2)=CC1. The molecule has 2 atom stereocenters. The van der Waals surface area contributed by atoms with Crippen LogP contribution in [-0.2, 0) is 14.3 Å². The Morgan fingerprint density at radius 1 is 1.16 bits per heavy atom. The van der Waals surface area contributed by atoms with E-state index < -0.39 is 47.6 Å². The summed E-state index contributed by atoms with van der Waals surface area (Å²) in [6, 6.07) is 12.2. The van der Waals surface area contributed by atoms with Crippen LogP contribution < -0.4 is 4.74 Å². The molecule has 2 aromatic rings. The third kappa shape index (κ3) is 7.19. The maximum atomic E-state index is 14.7. The number of unbranched alkanes of at least 4 members (excludes halogenated alkanes) is 1. The van der Waals surface area contributed by atoms with Gasteiger partial charge in [-0.3, -0.25) is 0 Å². The van der Waals surface area contributed by atoms with Crippen LogP contribution >= 0.6 is 0 Å². The van der Waals surface area contributed by atoms with E-state index in [1.165, 1.54) is 6.08 Å². The normalized spacial score (nSPS) is 17.9. The summed E-state index contributed by atoms with van der Waals surface area (Å²) in [7, 11) is 0. The molecule has 0 aromatic heterocycles. The van der Waals surface area contributed by atoms with Gasteiger partial charge >= 0.3 is 18.1 Å². The van der Waals surface area contributed by atoms with E-state index in [-0.39, 0.29) is 25.2 Å². The molecule has 38 heavy (non-hydrogen) atoms. The second-order valence-electron chi connectivity index (χ2n) is 8.66. The second kappa shape index (κ2) is 12.7. The van der Waals surface area contributed by atoms with E-state index in [0.29, 0.717) is 6.42 Å². The summed E-state index contributed by atoms with van der Waals surface area (Å²) < 4.78 is 69.9. The number of benzene rings is 2. The zero-order valence-corrected chi connectivity index (χ0v) is 20.8. The summed E-state index contributed by atoms with van der Waals surface area (Å²) in [6.07, 6.45) is -0.221. The Hall–Kier alpha value is -3.72. The largest absolute Gasteiger partial charge is 0.449 e. The first-order valence-corrected chi connectivity index (χ1v) is 12.1. The molecule has 3 rings (SSSR count). The molecular formula is C29H28F4O5. The van der Waals surface area contributed by atoms with Gasteiger partial charge in [0.25, 0.3) is 0 Å². The van der Waals surface area contributed by atoms with Gasteiger partial charge in [0.15, 0.2) is 11.7 Å². The van der Waals surface area contributed by atoms with Gasteiger partial charge in [-0.05, 0) is 42.2 Å². The Labute approximate surface area is 218 Å². The lowest BCUT2D eigenvalue weighted by atomic mass is 9.89. The lowest BCUT2D eigenvalue weighted by Gasteiger charge is -2.30. The fourth-order valence-corrected chi connectivity index (χ4v) is 3.78. The van der Waals surface area contributed by atoms with Gasteiger partial charge in [-0.1, -0.05) is 61.9 Å². The molecule has 0 bridgehead atoms. The van der Waals surface area contributed by atoms with E-state index in [4.69, 9.17) is 9.47 Å². The minimum Gasteiger partial charge on any atom is -0.449 e. The number of hydrogen-bond donors (Lipinski definition) is 0. The molecule has 2 unspecified atom stereocenters. The van der Waals surface area contributed by atoms with Gasteiger partial charge < -0.3 is 14.2 Å². The molecule has 0 radical (unpaired) electrons. The number of hydrogen-bond acceptors (Lipinski definition) is 5. The average molecular weight is 533 g/mol. The number of carbonyl (C=O) groups is 2. The second-order valence-corrected chi connectivity index (χ2v) is 8.66. The van der Waals surface area contributed by atoms with E-state index in [2.05, 4.69) is 11.3 Å². The summed E-state index contributed by atoms with van der Waals surface area (Å²) in [5.74, 6) is -3.75. The molecule has 1 aliphatic carbocycles. The summed E-state index contributed by atoms with van der Waals surface area (Å²) in [5.41, 5.74) is -0.399. The highest BCUT2D eigenvalue weighted by Crippen LogP contribution is 2.32. The minimum atomic E-state index is -4.78. The minimum absolute atomic E-state index is 0.0332. The Kier molecular flexibility index (Phi) is 9.63. The molecule has 0 saturated carbocycles. The maximum Gasteiger partial charge on any atom is 0.425 e. The predicted molar refractivity (Wildman–Crippen MR) is 134 cm³/mol. The van der Waals surface area contributed by atoms with Crippen LogP contribution in [-0.4, -0.2) is 36.4 Å². The van der Waals surface area contributed by atoms with Crippen LogP contribution in [0.5, 0.6) is 5.75 Å². The number of allylic oxidation sites excluding steroid dienone is 2. The van der Waals surface area contributed by atoms with Crippen molar-refractivity contribution in [1.29, 1.82) is 0 Å². The van der Waals surface area contributed by atoms with Crippen molar-refractivity contribution in [3.63, 3.8) is 0 Å². The number of carbonyl (C=O) groups excluding carboxylic acids is 2. The highest BCUT2D eigenvalue weighted by atomic mass is 19.4. The maximum absolute atomic E-state index is 14.7. The Morgan fingerprint density at radius 2 is 1.89 bits per heavy atom. The van der Waals surface area contributed by atoms with Crippen molar-refractivity contribution < 1.29 is 41.4 Å². The molecule has 2 aromatic carbocycles. The topological polar surface area (TPSA) is 61.8 Å². The number of ether oxygens (including phenoxy) is 3. The molecule has 0 spiro atoms. The molecule has 0 N–H and O–H groups in total. The van der Waals surface area contributed by atoms with Crippen molar-refractivity contribution in [2.45, 2.75) is 50.5 Å². The molecule has 0 saturated heterocycles. The zero-order valence-electron chi connectivity index (χ0n) is 20.8. The van der Waals surface area contributed by atoms with Crippen LogP contribution in [0.15, 0.2) is 79.4 Å². The Bertz CT molecular complexity index is 1200. The van der Waals surface area contributed by atoms with Gasteiger partial charge in [0.2, 0.25) is 0 Å². The van der Waals surface area contributed by atoms with Crippen LogP contribution in [0.3, 0.4) is 0 Å². The number of alkyl halides is 3. The van der Waals surface area contributed by atoms with Crippen molar-refractivity contribution in [2.24, 2.45) is 0 Å². The van der Waals surface area contributed by atoms with Crippen molar-refractivity contribution >= 4 is 17.5 Å². The number of rotatable bonds is 11. The van der Waals surface area contributed by atoms with Crippen LogP contribution in [0, 0.1) is 5.82 Å². The van der Waals surface area contributed by atoms with Gasteiger partial charge in [-0.2, -0.15) is 13.2 Å². The molecule has 5 nitrogen and oxygen atoms in total. The standard InChI is InChI=1S/C29H28F4O5/c1-3-5-11-25(29(31,32)33)38-26(34)23-13-12-22(19-24(23)30)37-27(35)28(36-18-4-2)16-14-21(15-17-28)20-9-7-6-8-10-20/h4,6-10,12-16,19,25H,2-3,5,11,17-18H2,1H3. The van der Waals surface area contributed by atoms with E-state index in [9.17, 15) is 27.2 Å². The first-order valence-electron chi connectivity index (χ1n) is 12.1. The monoisotopic (exact) mass is 532 g/mol. The third-order valence-electron chi connectivity index (χ3n) is 5.87. The summed E-state index contributed by atoms with van der Waals surface area (Å²) in [4.78, 5) is 25.4. The molecule has 0 aliphatic heterocycles. The van der Waals surface area contributed by atoms with Crippen LogP contribution in [0.4, 0.5) is 17.6 Å². The molecule has 1 aliphatic rings. The van der Waals surface area contributed by atoms with E-state index >= 15 is 0 Å². The Balaban J connectivity index is 1.74. The summed E-state index contributed by atoms with van der Waals surface area (Å²) in [6.45, 7) is 5.32. The molecule has 0 amide bonds. The first-order chi connectivity index (χ1) is 18.1. The lowest BCUT2D eigenvalue weighted by molar-refractivity contribution is -0.206. The van der Waals surface area contributed by atoms with Crippen LogP contribution in [0.1, 0.15) is 48.5 Å². The van der Waals surface area contributed by atoms with Crippen molar-refractivity contribution in [3.05, 3.63) is 96.4 Å². The fraction of sp³-hybridized carbons (Fsp3) is 0.310. The van der Waals surface area contributed by atoms with E-state index in [1.807, 2.05) is 36.4 Å². The van der Waals surface area contributed by atoms with Gasteiger partial charge in [0, 0.05) is 12.5 Å². The molecule has 9 heteroatoms. The van der Waals surface area contributed by atoms with Crippen LogP contribution in [0.2, 0.25) is 0 Å². The number of esters is 2. The predicted octanol–water partition coefficient (Wildman–Crippen LogP) is 6.99. The van der Waals surface area contributed by atoms with Gasteiger partial charge in [-0.15, -0.1) is 6.58 Å². The van der Waals surface area contributed by atoms with Gasteiger partial charge in [-0.25, -0.2) is 14.0 Å². The first kappa shape index (κ1) is 28.8. The van der Waals surface area contributed by atoms with Crippen molar-refractivity contribution in [1.82, 2.24) is 0 Å². The number of halogens is 4. The third-order valence-corrected chi connectivity index (χ3v) is 5.87. The van der Waals surface area contributed by atoms with E-state index in [1.54, 1.807) is 19.1 Å².